The lowest BCUT2D eigenvalue weighted by atomic mass is 9.71. The molecule has 0 aliphatic carbocycles. The van der Waals surface area contributed by atoms with Crippen LogP contribution in [0.2, 0.25) is 0 Å². The van der Waals surface area contributed by atoms with E-state index < -0.39 is 0 Å². The third-order valence-corrected chi connectivity index (χ3v) is 5.40. The number of hydrogen-bond donors (Lipinski definition) is 0. The summed E-state index contributed by atoms with van der Waals surface area (Å²) in [4.78, 5) is 0. The smallest absolute Gasteiger partial charge is 0.0386 e. The van der Waals surface area contributed by atoms with Gasteiger partial charge in [0.2, 0.25) is 0 Å². The number of rotatable bonds is 9. The van der Waals surface area contributed by atoms with Gasteiger partial charge in [-0.3, -0.25) is 0 Å². The van der Waals surface area contributed by atoms with Crippen molar-refractivity contribution in [3.8, 4) is 0 Å². The Kier molecular flexibility index (Phi) is 9.00. The van der Waals surface area contributed by atoms with E-state index in [9.17, 15) is 0 Å². The summed E-state index contributed by atoms with van der Waals surface area (Å²) in [6, 6.07) is 0. The first kappa shape index (κ1) is 17.0. The molecule has 0 aromatic rings. The van der Waals surface area contributed by atoms with E-state index in [1.165, 1.54) is 32.1 Å². The lowest BCUT2D eigenvalue weighted by Crippen LogP contribution is -2.27. The Bertz CT molecular complexity index is 173. The summed E-state index contributed by atoms with van der Waals surface area (Å²) >= 11 is 0. The Morgan fingerprint density at radius 3 is 1.71 bits per heavy atom. The summed E-state index contributed by atoms with van der Waals surface area (Å²) in [5.41, 5.74) is 0. The van der Waals surface area contributed by atoms with Crippen molar-refractivity contribution in [2.24, 2.45) is 29.6 Å². The zero-order valence-electron chi connectivity index (χ0n) is 13.4. The van der Waals surface area contributed by atoms with Gasteiger partial charge in [0.25, 0.3) is 0 Å². The molecular formula is C17H36. The van der Waals surface area contributed by atoms with Gasteiger partial charge >= 0.3 is 0 Å². The van der Waals surface area contributed by atoms with E-state index in [-0.39, 0.29) is 0 Å². The second kappa shape index (κ2) is 9.00. The van der Waals surface area contributed by atoms with E-state index in [4.69, 9.17) is 0 Å². The highest BCUT2D eigenvalue weighted by Gasteiger charge is 2.27. The molecule has 0 spiro atoms. The van der Waals surface area contributed by atoms with Crippen LogP contribution in [-0.2, 0) is 0 Å². The molecule has 5 atom stereocenters. The van der Waals surface area contributed by atoms with Crippen LogP contribution in [0.4, 0.5) is 0 Å². The third-order valence-electron chi connectivity index (χ3n) is 5.40. The molecule has 0 heterocycles. The first-order chi connectivity index (χ1) is 7.99. The van der Waals surface area contributed by atoms with Crippen molar-refractivity contribution in [3.63, 3.8) is 0 Å². The van der Waals surface area contributed by atoms with Gasteiger partial charge in [0.15, 0.2) is 0 Å². The minimum atomic E-state index is 0.866. The van der Waals surface area contributed by atoms with Gasteiger partial charge < -0.3 is 0 Å². The van der Waals surface area contributed by atoms with Crippen molar-refractivity contribution in [3.05, 3.63) is 0 Å². The molecule has 0 aromatic heterocycles. The SMILES string of the molecule is CCCCC(CC)C(C)C(C)C(C)C(C)CC. The highest BCUT2D eigenvalue weighted by atomic mass is 14.3. The average molecular weight is 240 g/mol. The van der Waals surface area contributed by atoms with Gasteiger partial charge in [-0.15, -0.1) is 0 Å². The summed E-state index contributed by atoms with van der Waals surface area (Å²) < 4.78 is 0. The molecule has 0 bridgehead atoms. The summed E-state index contributed by atoms with van der Waals surface area (Å²) in [6.45, 7) is 16.9. The zero-order valence-corrected chi connectivity index (χ0v) is 13.4. The molecule has 0 radical (unpaired) electrons. The second-order valence-corrected chi connectivity index (χ2v) is 6.27. The van der Waals surface area contributed by atoms with Gasteiger partial charge in [-0.2, -0.15) is 0 Å². The Balaban J connectivity index is 4.37. The van der Waals surface area contributed by atoms with Crippen LogP contribution in [0, 0.1) is 29.6 Å². The van der Waals surface area contributed by atoms with Crippen LogP contribution in [0.1, 0.15) is 80.6 Å². The maximum absolute atomic E-state index is 2.49. The Morgan fingerprint density at radius 2 is 1.29 bits per heavy atom. The van der Waals surface area contributed by atoms with Crippen LogP contribution in [0.25, 0.3) is 0 Å². The fraction of sp³-hybridized carbons (Fsp3) is 1.00. The molecular weight excluding hydrogens is 204 g/mol. The molecule has 0 fully saturated rings. The summed E-state index contributed by atoms with van der Waals surface area (Å²) in [6.07, 6.45) is 6.88. The molecule has 0 aliphatic heterocycles. The van der Waals surface area contributed by atoms with E-state index in [1.807, 2.05) is 0 Å². The minimum Gasteiger partial charge on any atom is -0.0654 e. The van der Waals surface area contributed by atoms with Gasteiger partial charge in [0, 0.05) is 0 Å². The van der Waals surface area contributed by atoms with E-state index in [1.54, 1.807) is 0 Å². The molecule has 0 saturated carbocycles. The van der Waals surface area contributed by atoms with Crippen molar-refractivity contribution in [1.82, 2.24) is 0 Å². The van der Waals surface area contributed by atoms with Gasteiger partial charge in [-0.1, -0.05) is 80.6 Å². The molecule has 0 aliphatic rings. The van der Waals surface area contributed by atoms with Crippen molar-refractivity contribution in [2.75, 3.05) is 0 Å². The molecule has 0 nitrogen and oxygen atoms in total. The zero-order chi connectivity index (χ0) is 13.4. The Labute approximate surface area is 111 Å². The largest absolute Gasteiger partial charge is 0.0654 e. The van der Waals surface area contributed by atoms with Crippen LogP contribution < -0.4 is 0 Å². The lowest BCUT2D eigenvalue weighted by molar-refractivity contribution is 0.149. The molecule has 17 heavy (non-hydrogen) atoms. The molecule has 0 N–H and O–H groups in total. The second-order valence-electron chi connectivity index (χ2n) is 6.27. The lowest BCUT2D eigenvalue weighted by Gasteiger charge is -2.34. The van der Waals surface area contributed by atoms with Crippen LogP contribution >= 0.6 is 0 Å². The normalized spacial score (nSPS) is 20.6. The summed E-state index contributed by atoms with van der Waals surface area (Å²) in [5, 5.41) is 0. The van der Waals surface area contributed by atoms with Crippen molar-refractivity contribution in [2.45, 2.75) is 80.6 Å². The van der Waals surface area contributed by atoms with Gasteiger partial charge in [0.05, 0.1) is 0 Å². The minimum absolute atomic E-state index is 0.866. The van der Waals surface area contributed by atoms with E-state index >= 15 is 0 Å². The van der Waals surface area contributed by atoms with E-state index in [0.29, 0.717) is 0 Å². The predicted molar refractivity (Wildman–Crippen MR) is 80.3 cm³/mol. The van der Waals surface area contributed by atoms with E-state index in [2.05, 4.69) is 48.5 Å². The fourth-order valence-electron chi connectivity index (χ4n) is 3.10. The summed E-state index contributed by atoms with van der Waals surface area (Å²) in [7, 11) is 0. The molecule has 0 rings (SSSR count). The monoisotopic (exact) mass is 240 g/mol. The molecule has 0 amide bonds. The highest BCUT2D eigenvalue weighted by Crippen LogP contribution is 2.35. The van der Waals surface area contributed by atoms with Crippen molar-refractivity contribution >= 4 is 0 Å². The van der Waals surface area contributed by atoms with E-state index in [0.717, 1.165) is 29.6 Å². The highest BCUT2D eigenvalue weighted by molar-refractivity contribution is 4.76. The maximum atomic E-state index is 2.49. The molecule has 104 valence electrons. The quantitative estimate of drug-likeness (QED) is 0.453. The average Bonchev–Trinajstić information content (AvgIpc) is 2.36. The fourth-order valence-corrected chi connectivity index (χ4v) is 3.10. The standard InChI is InChI=1S/C17H36/c1-8-11-12-17(10-3)16(7)15(6)14(5)13(4)9-2/h13-17H,8-12H2,1-7H3. The van der Waals surface area contributed by atoms with Crippen LogP contribution in [-0.4, -0.2) is 0 Å². The molecule has 5 unspecified atom stereocenters. The van der Waals surface area contributed by atoms with Crippen molar-refractivity contribution < 1.29 is 0 Å². The molecule has 0 heteroatoms. The predicted octanol–water partition coefficient (Wildman–Crippen LogP) is 6.16. The molecule has 0 aromatic carbocycles. The van der Waals surface area contributed by atoms with Gasteiger partial charge in [-0.25, -0.2) is 0 Å². The maximum Gasteiger partial charge on any atom is -0.0386 e. The van der Waals surface area contributed by atoms with Gasteiger partial charge in [-0.05, 0) is 29.6 Å². The van der Waals surface area contributed by atoms with Crippen molar-refractivity contribution in [1.29, 1.82) is 0 Å². The van der Waals surface area contributed by atoms with Crippen LogP contribution in [0.3, 0.4) is 0 Å². The van der Waals surface area contributed by atoms with Crippen LogP contribution in [0.15, 0.2) is 0 Å². The first-order valence-electron chi connectivity index (χ1n) is 7.99. The number of hydrogen-bond acceptors (Lipinski definition) is 0. The Morgan fingerprint density at radius 1 is 0.706 bits per heavy atom. The summed E-state index contributed by atoms with van der Waals surface area (Å²) in [5.74, 6) is 4.43. The Hall–Kier alpha value is 0. The topological polar surface area (TPSA) is 0 Å². The van der Waals surface area contributed by atoms with Gasteiger partial charge in [0.1, 0.15) is 0 Å². The third kappa shape index (κ3) is 5.44. The number of unbranched alkanes of at least 4 members (excludes halogenated alkanes) is 1. The first-order valence-corrected chi connectivity index (χ1v) is 7.99. The van der Waals surface area contributed by atoms with Crippen LogP contribution in [0.5, 0.6) is 0 Å². The molecule has 0 saturated heterocycles.